The minimum Gasteiger partial charge on any atom is -0.294 e. The average Bonchev–Trinajstić information content (AvgIpc) is 3.40. The molecule has 1 aliphatic heterocycles. The van der Waals surface area contributed by atoms with Gasteiger partial charge in [0.25, 0.3) is 0 Å². The van der Waals surface area contributed by atoms with E-state index >= 15 is 0 Å². The maximum atomic E-state index is 4.82. The van der Waals surface area contributed by atoms with Crippen molar-refractivity contribution in [1.29, 1.82) is 0 Å². The molecule has 0 saturated carbocycles. The molecule has 0 spiro atoms. The number of hydrogen-bond acceptors (Lipinski definition) is 5. The summed E-state index contributed by atoms with van der Waals surface area (Å²) in [5, 5.41) is 9.51. The fourth-order valence-corrected chi connectivity index (χ4v) is 4.30. The summed E-state index contributed by atoms with van der Waals surface area (Å²) in [5.74, 6) is 0.817. The SMILES string of the molecule is c1ccc(-c2ncc3c(n2)CCN(Cc2cn[nH]c2-c2cccs2)C3)cc1. The summed E-state index contributed by atoms with van der Waals surface area (Å²) in [6.45, 7) is 2.75. The van der Waals surface area contributed by atoms with Crippen molar-refractivity contribution in [3.05, 3.63) is 77.1 Å². The fraction of sp³-hybridized carbons (Fsp3) is 0.190. The molecule has 0 atom stereocenters. The molecule has 134 valence electrons. The van der Waals surface area contributed by atoms with E-state index in [1.54, 1.807) is 11.3 Å². The molecule has 6 heteroatoms. The molecule has 4 aromatic rings. The molecule has 0 saturated heterocycles. The molecule has 0 bridgehead atoms. The summed E-state index contributed by atoms with van der Waals surface area (Å²) in [6.07, 6.45) is 4.88. The largest absolute Gasteiger partial charge is 0.294 e. The highest BCUT2D eigenvalue weighted by atomic mass is 32.1. The van der Waals surface area contributed by atoms with Crippen LogP contribution < -0.4 is 0 Å². The molecule has 1 N–H and O–H groups in total. The number of thiophene rings is 1. The molecule has 5 nitrogen and oxygen atoms in total. The monoisotopic (exact) mass is 373 g/mol. The Labute approximate surface area is 161 Å². The Hall–Kier alpha value is -2.83. The molecule has 0 radical (unpaired) electrons. The van der Waals surface area contributed by atoms with Crippen molar-refractivity contribution < 1.29 is 0 Å². The zero-order valence-electron chi connectivity index (χ0n) is 14.8. The van der Waals surface area contributed by atoms with Gasteiger partial charge >= 0.3 is 0 Å². The summed E-state index contributed by atoms with van der Waals surface area (Å²) in [6, 6.07) is 14.4. The molecule has 0 fully saturated rings. The molecule has 0 unspecified atom stereocenters. The van der Waals surface area contributed by atoms with Crippen LogP contribution >= 0.6 is 11.3 Å². The number of aromatic nitrogens is 4. The van der Waals surface area contributed by atoms with Gasteiger partial charge in [0.15, 0.2) is 5.82 Å². The van der Waals surface area contributed by atoms with Crippen LogP contribution in [0, 0.1) is 0 Å². The lowest BCUT2D eigenvalue weighted by atomic mass is 10.1. The van der Waals surface area contributed by atoms with Crippen LogP contribution in [-0.2, 0) is 19.5 Å². The molecule has 1 aromatic carbocycles. The van der Waals surface area contributed by atoms with Crippen molar-refractivity contribution in [1.82, 2.24) is 25.1 Å². The van der Waals surface area contributed by atoms with Gasteiger partial charge in [-0.25, -0.2) is 9.97 Å². The van der Waals surface area contributed by atoms with Crippen molar-refractivity contribution >= 4 is 11.3 Å². The van der Waals surface area contributed by atoms with E-state index in [2.05, 4.69) is 49.7 Å². The van der Waals surface area contributed by atoms with E-state index in [1.807, 2.05) is 30.6 Å². The van der Waals surface area contributed by atoms with Gasteiger partial charge in [-0.1, -0.05) is 36.4 Å². The van der Waals surface area contributed by atoms with Crippen molar-refractivity contribution in [3.63, 3.8) is 0 Å². The third-order valence-electron chi connectivity index (χ3n) is 4.92. The number of fused-ring (bicyclic) bond motifs is 1. The van der Waals surface area contributed by atoms with Crippen LogP contribution in [0.25, 0.3) is 22.0 Å². The summed E-state index contributed by atoms with van der Waals surface area (Å²) >= 11 is 1.74. The Bertz CT molecular complexity index is 1040. The van der Waals surface area contributed by atoms with Gasteiger partial charge < -0.3 is 0 Å². The van der Waals surface area contributed by atoms with Crippen molar-refractivity contribution in [2.24, 2.45) is 0 Å². The van der Waals surface area contributed by atoms with Crippen LogP contribution in [0.15, 0.2) is 60.2 Å². The second kappa shape index (κ2) is 7.06. The van der Waals surface area contributed by atoms with Crippen LogP contribution in [0.4, 0.5) is 0 Å². The average molecular weight is 373 g/mol. The Balaban J connectivity index is 1.34. The van der Waals surface area contributed by atoms with E-state index in [4.69, 9.17) is 4.98 Å². The smallest absolute Gasteiger partial charge is 0.159 e. The second-order valence-electron chi connectivity index (χ2n) is 6.74. The molecule has 5 rings (SSSR count). The second-order valence-corrected chi connectivity index (χ2v) is 7.69. The minimum atomic E-state index is 0.817. The maximum absolute atomic E-state index is 4.82. The lowest BCUT2D eigenvalue weighted by molar-refractivity contribution is 0.243. The fourth-order valence-electron chi connectivity index (χ4n) is 3.54. The molecule has 4 heterocycles. The predicted octanol–water partition coefficient (Wildman–Crippen LogP) is 4.15. The minimum absolute atomic E-state index is 0.817. The van der Waals surface area contributed by atoms with Crippen molar-refractivity contribution in [3.8, 4) is 22.0 Å². The first-order valence-electron chi connectivity index (χ1n) is 9.05. The van der Waals surface area contributed by atoms with Crippen LogP contribution in [-0.4, -0.2) is 31.6 Å². The number of hydrogen-bond donors (Lipinski definition) is 1. The molecule has 0 aliphatic carbocycles. The topological polar surface area (TPSA) is 57.7 Å². The summed E-state index contributed by atoms with van der Waals surface area (Å²) in [4.78, 5) is 13.1. The molecular formula is C21H19N5S. The number of benzene rings is 1. The van der Waals surface area contributed by atoms with Gasteiger partial charge in [-0.2, -0.15) is 5.10 Å². The quantitative estimate of drug-likeness (QED) is 0.584. The first kappa shape index (κ1) is 16.4. The number of H-pyrrole nitrogens is 1. The van der Waals surface area contributed by atoms with Gasteiger partial charge in [-0.3, -0.25) is 10.00 Å². The van der Waals surface area contributed by atoms with Crippen molar-refractivity contribution in [2.45, 2.75) is 19.5 Å². The zero-order valence-corrected chi connectivity index (χ0v) is 15.6. The summed E-state index contributed by atoms with van der Waals surface area (Å²) in [5.41, 5.74) is 5.84. The highest BCUT2D eigenvalue weighted by Gasteiger charge is 2.20. The van der Waals surface area contributed by atoms with Crippen LogP contribution in [0.1, 0.15) is 16.8 Å². The van der Waals surface area contributed by atoms with Crippen LogP contribution in [0.2, 0.25) is 0 Å². The lowest BCUT2D eigenvalue weighted by Gasteiger charge is -2.28. The van der Waals surface area contributed by atoms with Gasteiger partial charge in [-0.15, -0.1) is 11.3 Å². The molecular weight excluding hydrogens is 354 g/mol. The third-order valence-corrected chi connectivity index (χ3v) is 5.81. The van der Waals surface area contributed by atoms with Gasteiger partial charge in [0, 0.05) is 48.9 Å². The van der Waals surface area contributed by atoms with E-state index in [9.17, 15) is 0 Å². The number of aromatic amines is 1. The number of rotatable bonds is 4. The molecule has 3 aromatic heterocycles. The van der Waals surface area contributed by atoms with E-state index in [1.165, 1.54) is 21.7 Å². The Morgan fingerprint density at radius 1 is 1.07 bits per heavy atom. The van der Waals surface area contributed by atoms with Crippen LogP contribution in [0.3, 0.4) is 0 Å². The normalized spacial score (nSPS) is 14.2. The first-order chi connectivity index (χ1) is 13.4. The molecule has 27 heavy (non-hydrogen) atoms. The van der Waals surface area contributed by atoms with Crippen LogP contribution in [0.5, 0.6) is 0 Å². The van der Waals surface area contributed by atoms with Gasteiger partial charge in [0.1, 0.15) is 0 Å². The number of nitrogens with one attached hydrogen (secondary N) is 1. The summed E-state index contributed by atoms with van der Waals surface area (Å²) in [7, 11) is 0. The molecule has 0 amide bonds. The Morgan fingerprint density at radius 3 is 2.85 bits per heavy atom. The zero-order chi connectivity index (χ0) is 18.1. The molecule has 1 aliphatic rings. The first-order valence-corrected chi connectivity index (χ1v) is 9.93. The maximum Gasteiger partial charge on any atom is 0.159 e. The van der Waals surface area contributed by atoms with E-state index in [0.29, 0.717) is 0 Å². The number of nitrogens with zero attached hydrogens (tertiary/aromatic N) is 4. The summed E-state index contributed by atoms with van der Waals surface area (Å²) < 4.78 is 0. The van der Waals surface area contributed by atoms with Gasteiger partial charge in [0.05, 0.1) is 22.5 Å². The van der Waals surface area contributed by atoms with E-state index < -0.39 is 0 Å². The Morgan fingerprint density at radius 2 is 2.00 bits per heavy atom. The highest BCUT2D eigenvalue weighted by molar-refractivity contribution is 7.13. The van der Waals surface area contributed by atoms with Crippen molar-refractivity contribution in [2.75, 3.05) is 6.54 Å². The van der Waals surface area contributed by atoms with Gasteiger partial charge in [0.2, 0.25) is 0 Å². The predicted molar refractivity (Wildman–Crippen MR) is 107 cm³/mol. The lowest BCUT2D eigenvalue weighted by Crippen LogP contribution is -2.31. The third kappa shape index (κ3) is 3.29. The van der Waals surface area contributed by atoms with E-state index in [-0.39, 0.29) is 0 Å². The van der Waals surface area contributed by atoms with Gasteiger partial charge in [-0.05, 0) is 11.4 Å². The van der Waals surface area contributed by atoms with E-state index in [0.717, 1.165) is 43.1 Å². The highest BCUT2D eigenvalue weighted by Crippen LogP contribution is 2.28. The Kier molecular flexibility index (Phi) is 4.27. The standard InChI is InChI=1S/C21H19N5S/c1-2-5-15(6-3-1)21-22-11-16-13-26(9-8-18(16)24-21)14-17-12-23-25-20(17)19-7-4-10-27-19/h1-7,10-12H,8-9,13-14H2,(H,23,25).